The Morgan fingerprint density at radius 2 is 1.28 bits per heavy atom. The minimum Gasteiger partial charge on any atom is 0 e. The Labute approximate surface area is 196 Å². The summed E-state index contributed by atoms with van der Waals surface area (Å²) in [5.41, 5.74) is 0.985. The molecule has 0 heterocycles. The van der Waals surface area contributed by atoms with Gasteiger partial charge in [0.25, 0.3) is 0 Å². The molecule has 0 fully saturated rings. The van der Waals surface area contributed by atoms with Gasteiger partial charge in [-0.15, -0.1) is 0 Å². The molecule has 1 N–H and O–H groups in total. The van der Waals surface area contributed by atoms with Gasteiger partial charge in [0, 0.05) is 25.6 Å². The Bertz CT molecular complexity index is 336. The summed E-state index contributed by atoms with van der Waals surface area (Å²) in [6.07, 6.45) is 12.7. The van der Waals surface area contributed by atoms with Crippen molar-refractivity contribution in [1.29, 1.82) is 0 Å². The van der Waals surface area contributed by atoms with Crippen molar-refractivity contribution in [3.8, 4) is 0 Å². The monoisotopic (exact) mass is 482 g/mol. The van der Waals surface area contributed by atoms with E-state index in [2.05, 4.69) is 27.7 Å². The van der Waals surface area contributed by atoms with Crippen LogP contribution in [0.5, 0.6) is 0 Å². The maximum Gasteiger partial charge on any atom is 0 e. The number of aliphatic carboxylic acids is 1. The van der Waals surface area contributed by atoms with E-state index in [1.54, 1.807) is 0 Å². The zero-order chi connectivity index (χ0) is 17.0. The fourth-order valence-electron chi connectivity index (χ4n) is 2.99. The number of rotatable bonds is 13. The first-order valence-electron chi connectivity index (χ1n) is 9.21. The van der Waals surface area contributed by atoms with E-state index in [-0.39, 0.29) is 59.6 Å². The Balaban J connectivity index is -0.000000735. The van der Waals surface area contributed by atoms with E-state index in [1.165, 1.54) is 51.0 Å². The third-order valence-corrected chi connectivity index (χ3v) is 4.51. The molecule has 5 heteroatoms. The topological polar surface area (TPSA) is 37.3 Å². The summed E-state index contributed by atoms with van der Waals surface area (Å²) in [5.74, 6) is 1.65. The minimum atomic E-state index is -0.822. The third kappa shape index (κ3) is 25.1. The molecule has 0 saturated heterocycles. The average molecular weight is 483 g/mol. The second kappa shape index (κ2) is 21.4. The first kappa shape index (κ1) is 33.7. The maximum absolute atomic E-state index is 10.5. The smallest absolute Gasteiger partial charge is 0 e. The van der Waals surface area contributed by atoms with Gasteiger partial charge in [-0.25, -0.2) is 4.79 Å². The molecule has 0 rings (SSSR count). The van der Waals surface area contributed by atoms with E-state index in [1.807, 2.05) is 6.92 Å². The Morgan fingerprint density at radius 1 is 0.880 bits per heavy atom. The summed E-state index contributed by atoms with van der Waals surface area (Å²) < 4.78 is 0. The van der Waals surface area contributed by atoms with Crippen LogP contribution in [0.4, 0.5) is 0 Å². The molecule has 144 valence electrons. The predicted molar refractivity (Wildman–Crippen MR) is 113 cm³/mol. The fraction of sp³-hybridized carbons (Fsp3) is 0.850. The van der Waals surface area contributed by atoms with Crippen molar-refractivity contribution in [3.63, 3.8) is 0 Å². The van der Waals surface area contributed by atoms with Gasteiger partial charge in [-0.2, -0.15) is 0 Å². The van der Waals surface area contributed by atoms with Gasteiger partial charge in [-0.1, -0.05) is 78.2 Å². The average Bonchev–Trinajstić information content (AvgIpc) is 2.37. The molecule has 25 heavy (non-hydrogen) atoms. The summed E-state index contributed by atoms with van der Waals surface area (Å²) in [6.45, 7) is 11.3. The van der Waals surface area contributed by atoms with Gasteiger partial charge in [-0.05, 0) is 37.5 Å². The Hall–Kier alpha value is 1.12. The molecule has 0 aliphatic carbocycles. The van der Waals surface area contributed by atoms with Gasteiger partial charge in [0.2, 0.25) is 0 Å². The number of carbonyl (C=O) groups is 1. The van der Waals surface area contributed by atoms with Crippen molar-refractivity contribution in [2.24, 2.45) is 17.8 Å². The van der Waals surface area contributed by atoms with Crippen molar-refractivity contribution >= 4 is 46.1 Å². The van der Waals surface area contributed by atoms with Gasteiger partial charge in [0.1, 0.15) is 0 Å². The summed E-state index contributed by atoms with van der Waals surface area (Å²) in [4.78, 5) is 10.5. The fourth-order valence-corrected chi connectivity index (χ4v) is 2.99. The minimum absolute atomic E-state index is 0. The van der Waals surface area contributed by atoms with Crippen LogP contribution in [0.3, 0.4) is 0 Å². The molecule has 0 aromatic rings. The van der Waals surface area contributed by atoms with Crippen LogP contribution >= 0.6 is 0 Å². The first-order chi connectivity index (χ1) is 10.3. The number of carboxylic acid groups (broad SMARTS) is 1. The zero-order valence-corrected chi connectivity index (χ0v) is 21.8. The largest absolute Gasteiger partial charge is 0 e. The SMILES string of the molecule is C/C(=C\C(=O)O)CCC[C@H](C)CCC[C@H](C)CCCC(C)C.[MgH2].[SeH2].[Zn]. The standard InChI is InChI=1S/C20H38O2.Mg.H2Se.Zn.2H/c1-16(2)9-6-10-17(3)11-7-12-18(4)13-8-14-19(5)15-20(21)22;;;;;/h15-18H,6-14H2,1-5H3,(H,21,22);;1H2;;;/b19-15+;;;;;/t17-,18-;;;;;/m1...../s1. The zero-order valence-electron chi connectivity index (χ0n) is 16.7. The predicted octanol–water partition coefficient (Wildman–Crippen LogP) is 4.62. The van der Waals surface area contributed by atoms with Crippen LogP contribution in [0.1, 0.15) is 92.4 Å². The molecular weight excluding hydrogens is 441 g/mol. The van der Waals surface area contributed by atoms with Crippen LogP contribution in [0.25, 0.3) is 0 Å². The van der Waals surface area contributed by atoms with Gasteiger partial charge in [0.05, 0.1) is 0 Å². The number of allylic oxidation sites excluding steroid dienone is 1. The van der Waals surface area contributed by atoms with Gasteiger partial charge >= 0.3 is 46.1 Å². The summed E-state index contributed by atoms with van der Waals surface area (Å²) in [5, 5.41) is 8.68. The van der Waals surface area contributed by atoms with E-state index in [0.717, 1.165) is 36.2 Å². The van der Waals surface area contributed by atoms with E-state index in [9.17, 15) is 4.79 Å². The van der Waals surface area contributed by atoms with E-state index in [0.29, 0.717) is 0 Å². The third-order valence-electron chi connectivity index (χ3n) is 4.51. The van der Waals surface area contributed by atoms with Crippen LogP contribution in [-0.2, 0) is 24.3 Å². The van der Waals surface area contributed by atoms with Gasteiger partial charge in [0.15, 0.2) is 0 Å². The maximum atomic E-state index is 10.5. The van der Waals surface area contributed by atoms with Crippen molar-refractivity contribution in [2.45, 2.75) is 92.4 Å². The number of hydrogen-bond donors (Lipinski definition) is 1. The van der Waals surface area contributed by atoms with E-state index in [4.69, 9.17) is 5.11 Å². The molecule has 0 amide bonds. The van der Waals surface area contributed by atoms with E-state index < -0.39 is 5.97 Å². The van der Waals surface area contributed by atoms with Crippen LogP contribution in [0, 0.1) is 17.8 Å². The van der Waals surface area contributed by atoms with Crippen molar-refractivity contribution in [3.05, 3.63) is 11.6 Å². The molecule has 0 aromatic carbocycles. The van der Waals surface area contributed by atoms with Gasteiger partial charge < -0.3 is 5.11 Å². The summed E-state index contributed by atoms with van der Waals surface area (Å²) in [6, 6.07) is 0. The van der Waals surface area contributed by atoms with Crippen LogP contribution in [0.2, 0.25) is 0 Å². The van der Waals surface area contributed by atoms with Gasteiger partial charge in [-0.3, -0.25) is 0 Å². The van der Waals surface area contributed by atoms with Crippen molar-refractivity contribution in [2.75, 3.05) is 0 Å². The molecule has 0 unspecified atom stereocenters. The molecule has 2 nitrogen and oxygen atoms in total. The Morgan fingerprint density at radius 3 is 1.68 bits per heavy atom. The van der Waals surface area contributed by atoms with Crippen molar-refractivity contribution < 1.29 is 29.4 Å². The van der Waals surface area contributed by atoms with Crippen LogP contribution in [-0.4, -0.2) is 51.2 Å². The van der Waals surface area contributed by atoms with Crippen LogP contribution in [0.15, 0.2) is 11.6 Å². The number of carboxylic acids is 1. The molecular formula is C20H42MgO2SeZn. The Kier molecular flexibility index (Phi) is 28.9. The van der Waals surface area contributed by atoms with E-state index >= 15 is 0 Å². The molecule has 0 bridgehead atoms. The normalized spacial score (nSPS) is 13.3. The van der Waals surface area contributed by atoms with Crippen LogP contribution < -0.4 is 0 Å². The molecule has 0 aromatic heterocycles. The first-order valence-corrected chi connectivity index (χ1v) is 9.21. The molecule has 0 spiro atoms. The summed E-state index contributed by atoms with van der Waals surface area (Å²) in [7, 11) is 0. The molecule has 0 radical (unpaired) electrons. The summed E-state index contributed by atoms with van der Waals surface area (Å²) >= 11 is 0. The molecule has 2 atom stereocenters. The molecule has 0 aliphatic heterocycles. The second-order valence-electron chi connectivity index (χ2n) is 7.69. The molecule has 0 aliphatic rings. The van der Waals surface area contributed by atoms with Crippen molar-refractivity contribution in [1.82, 2.24) is 0 Å². The number of hydrogen-bond acceptors (Lipinski definition) is 1. The second-order valence-corrected chi connectivity index (χ2v) is 7.69. The molecule has 0 saturated carbocycles. The quantitative estimate of drug-likeness (QED) is 0.307.